The van der Waals surface area contributed by atoms with Gasteiger partial charge in [0.05, 0.1) is 28.8 Å². The fourth-order valence-corrected chi connectivity index (χ4v) is 3.56. The van der Waals surface area contributed by atoms with Crippen LogP contribution >= 0.6 is 0 Å². The number of rotatable bonds is 5. The van der Waals surface area contributed by atoms with Gasteiger partial charge in [-0.25, -0.2) is 4.98 Å². The Hall–Kier alpha value is -3.36. The number of anilines is 1. The van der Waals surface area contributed by atoms with Gasteiger partial charge < -0.3 is 10.1 Å². The molecule has 1 aliphatic heterocycles. The molecule has 0 bridgehead atoms. The average Bonchev–Trinajstić information content (AvgIpc) is 3.20. The van der Waals surface area contributed by atoms with Crippen molar-refractivity contribution in [2.24, 2.45) is 0 Å². The monoisotopic (exact) mass is 431 g/mol. The fourth-order valence-electron chi connectivity index (χ4n) is 3.56. The van der Waals surface area contributed by atoms with Crippen molar-refractivity contribution in [2.75, 3.05) is 11.9 Å². The third-order valence-corrected chi connectivity index (χ3v) is 5.10. The molecule has 4 rings (SSSR count). The van der Waals surface area contributed by atoms with Crippen LogP contribution in [0.1, 0.15) is 41.5 Å². The maximum atomic E-state index is 13.1. The molecule has 0 saturated heterocycles. The van der Waals surface area contributed by atoms with Crippen molar-refractivity contribution in [3.8, 4) is 5.75 Å². The molecule has 1 aliphatic rings. The van der Waals surface area contributed by atoms with Crippen molar-refractivity contribution in [2.45, 2.75) is 38.9 Å². The van der Waals surface area contributed by atoms with E-state index in [2.05, 4.69) is 10.3 Å². The molecule has 2 aromatic carbocycles. The normalized spacial score (nSPS) is 13.3. The van der Waals surface area contributed by atoms with Gasteiger partial charge in [0.25, 0.3) is 11.5 Å². The minimum Gasteiger partial charge on any atom is -0.491 e. The summed E-state index contributed by atoms with van der Waals surface area (Å²) in [5, 5.41) is 2.90. The second-order valence-corrected chi connectivity index (χ2v) is 7.33. The van der Waals surface area contributed by atoms with E-state index in [9.17, 15) is 22.8 Å². The Kier molecular flexibility index (Phi) is 5.43. The van der Waals surface area contributed by atoms with Crippen LogP contribution in [0.4, 0.5) is 18.9 Å². The van der Waals surface area contributed by atoms with Crippen molar-refractivity contribution in [1.29, 1.82) is 0 Å². The Morgan fingerprint density at radius 2 is 2.03 bits per heavy atom. The van der Waals surface area contributed by atoms with Crippen LogP contribution in [0.2, 0.25) is 0 Å². The number of hydrogen-bond donors (Lipinski definition) is 1. The van der Waals surface area contributed by atoms with Crippen LogP contribution in [-0.4, -0.2) is 22.1 Å². The van der Waals surface area contributed by atoms with Crippen LogP contribution in [0.3, 0.4) is 0 Å². The smallest absolute Gasteiger partial charge is 0.416 e. The van der Waals surface area contributed by atoms with Crippen LogP contribution in [0, 0.1) is 0 Å². The molecule has 0 unspecified atom stereocenters. The molecule has 1 amide bonds. The highest BCUT2D eigenvalue weighted by atomic mass is 19.4. The van der Waals surface area contributed by atoms with Crippen LogP contribution in [0.5, 0.6) is 5.75 Å². The molecule has 162 valence electrons. The molecular weight excluding hydrogens is 411 g/mol. The summed E-state index contributed by atoms with van der Waals surface area (Å²) in [5.74, 6) is 0.200. The maximum absolute atomic E-state index is 13.1. The standard InChI is InChI=1S/C22H20F3N3O3/c1-2-10-31-18-8-6-14(22(23,24)25)12-17(18)27-20(29)13-5-7-15-16(11-13)26-19-4-3-9-28(19)21(15)30/h5-8,11-12H,2-4,9-10H2,1H3,(H,27,29). The van der Waals surface area contributed by atoms with Gasteiger partial charge in [-0.1, -0.05) is 6.92 Å². The number of carbonyl (C=O) groups is 1. The Labute approximate surface area is 175 Å². The molecule has 0 radical (unpaired) electrons. The molecule has 0 fully saturated rings. The van der Waals surface area contributed by atoms with E-state index in [1.165, 1.54) is 24.3 Å². The number of fused-ring (bicyclic) bond motifs is 2. The molecule has 31 heavy (non-hydrogen) atoms. The molecular formula is C22H20F3N3O3. The van der Waals surface area contributed by atoms with Gasteiger partial charge in [0.2, 0.25) is 0 Å². The number of ether oxygens (including phenoxy) is 1. The first-order valence-electron chi connectivity index (χ1n) is 9.97. The van der Waals surface area contributed by atoms with E-state index in [-0.39, 0.29) is 22.6 Å². The summed E-state index contributed by atoms with van der Waals surface area (Å²) in [7, 11) is 0. The molecule has 0 spiro atoms. The largest absolute Gasteiger partial charge is 0.491 e. The van der Waals surface area contributed by atoms with E-state index in [4.69, 9.17) is 4.74 Å². The van der Waals surface area contributed by atoms with Crippen LogP contribution in [-0.2, 0) is 19.1 Å². The summed E-state index contributed by atoms with van der Waals surface area (Å²) in [6.07, 6.45) is -2.38. The first kappa shape index (κ1) is 20.9. The summed E-state index contributed by atoms with van der Waals surface area (Å²) in [6, 6.07) is 7.41. The van der Waals surface area contributed by atoms with E-state index >= 15 is 0 Å². The lowest BCUT2D eigenvalue weighted by atomic mass is 10.1. The molecule has 6 nitrogen and oxygen atoms in total. The molecule has 9 heteroatoms. The number of alkyl halides is 3. The summed E-state index contributed by atoms with van der Waals surface area (Å²) in [4.78, 5) is 29.9. The number of amides is 1. The second kappa shape index (κ2) is 8.05. The highest BCUT2D eigenvalue weighted by Crippen LogP contribution is 2.35. The SMILES string of the molecule is CCCOc1ccc(C(F)(F)F)cc1NC(=O)c1ccc2c(=O)n3c(nc2c1)CCC3. The van der Waals surface area contributed by atoms with Crippen molar-refractivity contribution in [3.63, 3.8) is 0 Å². The van der Waals surface area contributed by atoms with Gasteiger partial charge in [0.1, 0.15) is 11.6 Å². The van der Waals surface area contributed by atoms with Gasteiger partial charge in [0.15, 0.2) is 0 Å². The highest BCUT2D eigenvalue weighted by Gasteiger charge is 2.31. The Morgan fingerprint density at radius 1 is 1.23 bits per heavy atom. The first-order valence-corrected chi connectivity index (χ1v) is 9.97. The van der Waals surface area contributed by atoms with Crippen molar-refractivity contribution in [1.82, 2.24) is 9.55 Å². The minimum absolute atomic E-state index is 0.0737. The van der Waals surface area contributed by atoms with Gasteiger partial charge >= 0.3 is 6.18 Å². The number of nitrogens with one attached hydrogen (secondary N) is 1. The highest BCUT2D eigenvalue weighted by molar-refractivity contribution is 6.06. The lowest BCUT2D eigenvalue weighted by Gasteiger charge is -2.15. The van der Waals surface area contributed by atoms with Crippen molar-refractivity contribution < 1.29 is 22.7 Å². The molecule has 3 aromatic rings. The topological polar surface area (TPSA) is 73.2 Å². The summed E-state index contributed by atoms with van der Waals surface area (Å²) in [6.45, 7) is 2.78. The number of aromatic nitrogens is 2. The van der Waals surface area contributed by atoms with Gasteiger partial charge in [-0.2, -0.15) is 13.2 Å². The lowest BCUT2D eigenvalue weighted by molar-refractivity contribution is -0.137. The van der Waals surface area contributed by atoms with E-state index in [1.54, 1.807) is 4.57 Å². The Morgan fingerprint density at radius 3 is 2.77 bits per heavy atom. The Bertz CT molecular complexity index is 1220. The Balaban J connectivity index is 1.68. The zero-order valence-corrected chi connectivity index (χ0v) is 16.8. The predicted octanol–water partition coefficient (Wildman–Crippen LogP) is 4.40. The van der Waals surface area contributed by atoms with Crippen molar-refractivity contribution >= 4 is 22.5 Å². The number of aryl methyl sites for hydroxylation is 1. The molecule has 0 aliphatic carbocycles. The third kappa shape index (κ3) is 4.12. The number of nitrogens with zero attached hydrogens (tertiary/aromatic N) is 2. The molecule has 1 N–H and O–H groups in total. The van der Waals surface area contributed by atoms with Crippen LogP contribution < -0.4 is 15.6 Å². The molecule has 0 atom stereocenters. The first-order chi connectivity index (χ1) is 14.8. The number of halogens is 3. The van der Waals surface area contributed by atoms with Crippen LogP contribution in [0.15, 0.2) is 41.2 Å². The second-order valence-electron chi connectivity index (χ2n) is 7.33. The summed E-state index contributed by atoms with van der Waals surface area (Å²) >= 11 is 0. The zero-order chi connectivity index (χ0) is 22.2. The molecule has 1 aromatic heterocycles. The van der Waals surface area contributed by atoms with E-state index < -0.39 is 17.6 Å². The predicted molar refractivity (Wildman–Crippen MR) is 110 cm³/mol. The van der Waals surface area contributed by atoms with Gasteiger partial charge in [0, 0.05) is 18.5 Å². The third-order valence-electron chi connectivity index (χ3n) is 5.10. The van der Waals surface area contributed by atoms with Gasteiger partial charge in [-0.15, -0.1) is 0 Å². The van der Waals surface area contributed by atoms with E-state index in [0.29, 0.717) is 42.7 Å². The van der Waals surface area contributed by atoms with E-state index in [0.717, 1.165) is 18.6 Å². The van der Waals surface area contributed by atoms with E-state index in [1.807, 2.05) is 6.92 Å². The van der Waals surface area contributed by atoms with Gasteiger partial charge in [-0.05, 0) is 49.2 Å². The van der Waals surface area contributed by atoms with Crippen molar-refractivity contribution in [3.05, 3.63) is 63.7 Å². The summed E-state index contributed by atoms with van der Waals surface area (Å²) in [5.41, 5.74) is -0.554. The number of benzene rings is 2. The molecule has 2 heterocycles. The number of carbonyl (C=O) groups excluding carboxylic acids is 1. The maximum Gasteiger partial charge on any atom is 0.416 e. The zero-order valence-electron chi connectivity index (χ0n) is 16.8. The quantitative estimate of drug-likeness (QED) is 0.650. The molecule has 0 saturated carbocycles. The fraction of sp³-hybridized carbons (Fsp3) is 0.318. The number of hydrogen-bond acceptors (Lipinski definition) is 4. The van der Waals surface area contributed by atoms with Crippen LogP contribution in [0.25, 0.3) is 10.9 Å². The average molecular weight is 431 g/mol. The summed E-state index contributed by atoms with van der Waals surface area (Å²) < 4.78 is 46.5. The minimum atomic E-state index is -4.56. The lowest BCUT2D eigenvalue weighted by Crippen LogP contribution is -2.21. The van der Waals surface area contributed by atoms with Gasteiger partial charge in [-0.3, -0.25) is 14.2 Å².